The number of rotatable bonds is 12. The van der Waals surface area contributed by atoms with E-state index in [0.717, 1.165) is 23.8 Å². The van der Waals surface area contributed by atoms with Crippen molar-refractivity contribution >= 4 is 40.7 Å². The van der Waals surface area contributed by atoms with Crippen LogP contribution >= 0.6 is 22.9 Å². The molecule has 51 heavy (non-hydrogen) atoms. The van der Waals surface area contributed by atoms with E-state index in [4.69, 9.17) is 32.1 Å². The van der Waals surface area contributed by atoms with Crippen molar-refractivity contribution in [3.63, 3.8) is 0 Å². The number of anilines is 1. The molecule has 1 amide bonds. The lowest BCUT2D eigenvalue weighted by molar-refractivity contribution is -0.753. The molecule has 0 saturated heterocycles. The Morgan fingerprint density at radius 2 is 1.94 bits per heavy atom. The first-order chi connectivity index (χ1) is 24.3. The zero-order chi connectivity index (χ0) is 36.9. The van der Waals surface area contributed by atoms with Crippen molar-refractivity contribution in [2.75, 3.05) is 18.5 Å². The largest absolute Gasteiger partial charge is 0.460 e. The minimum Gasteiger partial charge on any atom is -0.460 e. The van der Waals surface area contributed by atoms with Crippen molar-refractivity contribution in [1.29, 1.82) is 5.26 Å². The van der Waals surface area contributed by atoms with E-state index in [1.54, 1.807) is 61.7 Å². The zero-order valence-electron chi connectivity index (χ0n) is 27.7. The molecule has 0 saturated carbocycles. The Balaban J connectivity index is 1.37. The number of carbonyl (C=O) groups excluding carboxylic acids is 2. The molecule has 264 valence electrons. The molecule has 5 aromatic rings. The molecule has 0 radical (unpaired) electrons. The minimum atomic E-state index is -2.05. The molecule has 0 bridgehead atoms. The van der Waals surface area contributed by atoms with Gasteiger partial charge in [-0.3, -0.25) is 9.69 Å². The minimum absolute atomic E-state index is 0.218. The molecule has 5 rings (SSSR count). The number of nitrogens with zero attached hydrogens (tertiary/aromatic N) is 6. The number of nitriles is 1. The quantitative estimate of drug-likeness (QED) is 0.123. The normalized spacial score (nSPS) is 13.5. The highest BCUT2D eigenvalue weighted by atomic mass is 35.5. The van der Waals surface area contributed by atoms with Gasteiger partial charge in [-0.1, -0.05) is 36.7 Å². The first kappa shape index (κ1) is 37.0. The average Bonchev–Trinajstić information content (AvgIpc) is 3.82. The number of carbonyl (C=O) groups is 2. The van der Waals surface area contributed by atoms with Gasteiger partial charge in [0.1, 0.15) is 30.4 Å². The predicted molar refractivity (Wildman–Crippen MR) is 183 cm³/mol. The number of ether oxygens (including phenoxy) is 2. The smallest absolute Gasteiger partial charge is 0.416 e. The van der Waals surface area contributed by atoms with E-state index in [1.807, 2.05) is 0 Å². The summed E-state index contributed by atoms with van der Waals surface area (Å²) >= 11 is 7.57. The molecule has 3 atom stereocenters. The standard InChI is InChI=1S/C35H33ClF2N7O5S/c1-21(33-42-30(17-51-33)24-9-7-23(14-39)8-10-24)35(48,27-13-25(37)11-12-29(27)38)18-45-20-44(19-41-45)22(2)50-34(47)43(3)31-6-4-5-28(36)26(31)16-49-32(46)15-40/h4-13,17,19-22,48H,15-16,18,40H2,1-3H3/q+1. The summed E-state index contributed by atoms with van der Waals surface area (Å²) in [7, 11) is 1.46. The number of hydrogen-bond acceptors (Lipinski definition) is 10. The van der Waals surface area contributed by atoms with Gasteiger partial charge >= 0.3 is 12.1 Å². The number of thiazole rings is 1. The lowest BCUT2D eigenvalue weighted by Gasteiger charge is -2.32. The van der Waals surface area contributed by atoms with E-state index in [0.29, 0.717) is 27.5 Å². The first-order valence-electron chi connectivity index (χ1n) is 15.5. The Kier molecular flexibility index (Phi) is 11.4. The predicted octanol–water partition coefficient (Wildman–Crippen LogP) is 5.58. The van der Waals surface area contributed by atoms with Crippen LogP contribution in [0.25, 0.3) is 11.3 Å². The van der Waals surface area contributed by atoms with Gasteiger partial charge < -0.3 is 20.3 Å². The number of nitrogens with two attached hydrogens (primary N) is 1. The van der Waals surface area contributed by atoms with Gasteiger partial charge in [0, 0.05) is 52.1 Å². The van der Waals surface area contributed by atoms with Crippen molar-refractivity contribution in [2.45, 2.75) is 44.7 Å². The van der Waals surface area contributed by atoms with Crippen molar-refractivity contribution in [2.24, 2.45) is 5.73 Å². The molecule has 0 aliphatic rings. The summed E-state index contributed by atoms with van der Waals surface area (Å²) in [6.45, 7) is 2.37. The molecular weight excluding hydrogens is 704 g/mol. The van der Waals surface area contributed by atoms with E-state index in [9.17, 15) is 19.1 Å². The Morgan fingerprint density at radius 3 is 2.65 bits per heavy atom. The topological polar surface area (TPSA) is 160 Å². The maximum atomic E-state index is 15.3. The van der Waals surface area contributed by atoms with Crippen LogP contribution in [0.4, 0.5) is 19.3 Å². The van der Waals surface area contributed by atoms with E-state index < -0.39 is 41.4 Å². The van der Waals surface area contributed by atoms with E-state index in [2.05, 4.69) is 16.2 Å². The monoisotopic (exact) mass is 736 g/mol. The molecule has 3 unspecified atom stereocenters. The van der Waals surface area contributed by atoms with E-state index >= 15 is 4.39 Å². The Labute approximate surface area is 300 Å². The Hall–Kier alpha value is -5.27. The molecule has 16 heteroatoms. The average molecular weight is 737 g/mol. The number of benzene rings is 3. The van der Waals surface area contributed by atoms with Crippen LogP contribution in [-0.4, -0.2) is 45.5 Å². The first-order valence-corrected chi connectivity index (χ1v) is 16.7. The number of amides is 1. The summed E-state index contributed by atoms with van der Waals surface area (Å²) in [6, 6.07) is 16.6. The summed E-state index contributed by atoms with van der Waals surface area (Å²) in [6.07, 6.45) is 1.12. The number of esters is 1. The molecule has 12 nitrogen and oxygen atoms in total. The molecule has 2 aromatic heterocycles. The fraction of sp³-hybridized carbons (Fsp3) is 0.257. The van der Waals surface area contributed by atoms with Crippen molar-refractivity contribution in [3.05, 3.63) is 117 Å². The van der Waals surface area contributed by atoms with Crippen molar-refractivity contribution in [1.82, 2.24) is 14.8 Å². The lowest BCUT2D eigenvalue weighted by atomic mass is 9.82. The number of aromatic nitrogens is 4. The van der Waals surface area contributed by atoms with Gasteiger partial charge in [0.2, 0.25) is 12.6 Å². The van der Waals surface area contributed by atoms with Gasteiger partial charge in [0.15, 0.2) is 0 Å². The fourth-order valence-electron chi connectivity index (χ4n) is 5.28. The van der Waals surface area contributed by atoms with Gasteiger partial charge in [-0.2, -0.15) is 9.83 Å². The van der Waals surface area contributed by atoms with Crippen LogP contribution in [0.15, 0.2) is 78.7 Å². The third-order valence-electron chi connectivity index (χ3n) is 8.28. The van der Waals surface area contributed by atoms with Crippen molar-refractivity contribution < 1.29 is 37.5 Å². The van der Waals surface area contributed by atoms with Gasteiger partial charge in [0.25, 0.3) is 6.33 Å². The highest BCUT2D eigenvalue weighted by Gasteiger charge is 2.43. The molecular formula is C35H33ClF2N7O5S+. The second-order valence-electron chi connectivity index (χ2n) is 11.6. The third kappa shape index (κ3) is 8.21. The highest BCUT2D eigenvalue weighted by molar-refractivity contribution is 7.10. The SMILES string of the molecule is CC(OC(=O)N(C)c1cccc(Cl)c1COC(=O)CN)[n+]1cnn(CC(O)(c2cc(F)ccc2F)C(C)c2nc(-c3ccc(C#N)cc3)cs2)c1. The fourth-order valence-corrected chi connectivity index (χ4v) is 6.47. The van der Waals surface area contributed by atoms with Crippen LogP contribution < -0.4 is 15.2 Å². The van der Waals surface area contributed by atoms with Crippen molar-refractivity contribution in [3.8, 4) is 17.3 Å². The summed E-state index contributed by atoms with van der Waals surface area (Å²) in [5, 5.41) is 28.2. The van der Waals surface area contributed by atoms with Crippen LogP contribution in [0, 0.1) is 23.0 Å². The lowest BCUT2D eigenvalue weighted by Crippen LogP contribution is -2.42. The maximum absolute atomic E-state index is 15.3. The van der Waals surface area contributed by atoms with Crippen LogP contribution in [0.3, 0.4) is 0 Å². The molecule has 3 aromatic carbocycles. The van der Waals surface area contributed by atoms with Crippen LogP contribution in [0.2, 0.25) is 5.02 Å². The molecule has 0 fully saturated rings. The molecule has 3 N–H and O–H groups in total. The van der Waals surface area contributed by atoms with Gasteiger partial charge in [-0.25, -0.2) is 18.6 Å². The Bertz CT molecular complexity index is 2090. The number of hydrogen-bond donors (Lipinski definition) is 2. The van der Waals surface area contributed by atoms with E-state index in [-0.39, 0.29) is 30.3 Å². The van der Waals surface area contributed by atoms with E-state index in [1.165, 1.54) is 45.2 Å². The second-order valence-corrected chi connectivity index (χ2v) is 12.9. The molecule has 0 aliphatic carbocycles. The Morgan fingerprint density at radius 1 is 1.20 bits per heavy atom. The number of halogens is 3. The molecule has 0 aliphatic heterocycles. The third-order valence-corrected chi connectivity index (χ3v) is 9.66. The van der Waals surface area contributed by atoms with Crippen LogP contribution in [0.1, 0.15) is 47.7 Å². The van der Waals surface area contributed by atoms with Gasteiger partial charge in [-0.05, 0) is 42.5 Å². The second kappa shape index (κ2) is 15.7. The summed E-state index contributed by atoms with van der Waals surface area (Å²) in [4.78, 5) is 30.7. The summed E-state index contributed by atoms with van der Waals surface area (Å²) in [5.74, 6) is -3.06. The van der Waals surface area contributed by atoms with Crippen LogP contribution in [0.5, 0.6) is 0 Å². The molecule has 2 heterocycles. The maximum Gasteiger partial charge on any atom is 0.416 e. The van der Waals surface area contributed by atoms with Crippen LogP contribution in [-0.2, 0) is 33.0 Å². The number of aliphatic hydroxyl groups is 1. The molecule has 0 spiro atoms. The highest BCUT2D eigenvalue weighted by Crippen LogP contribution is 2.41. The summed E-state index contributed by atoms with van der Waals surface area (Å²) in [5.41, 5.74) is 5.52. The zero-order valence-corrected chi connectivity index (χ0v) is 29.2. The van der Waals surface area contributed by atoms with Gasteiger partial charge in [-0.15, -0.1) is 16.0 Å². The summed E-state index contributed by atoms with van der Waals surface area (Å²) < 4.78 is 43.4. The van der Waals surface area contributed by atoms with Gasteiger partial charge in [0.05, 0.1) is 34.6 Å².